The number of halogens is 1. The summed E-state index contributed by atoms with van der Waals surface area (Å²) in [6.45, 7) is 20.2. The van der Waals surface area contributed by atoms with Gasteiger partial charge in [-0.2, -0.15) is 0 Å². The number of likely N-dealkylation sites (N-methyl/N-ethyl adjacent to an activating group) is 2. The highest BCUT2D eigenvalue weighted by Gasteiger charge is 2.20. The standard InChI is InChI=1S/C12H29N2.BrH/c1-6-13(7-2)11-12-14(8-3,9-4)10-5;/h6-12H2,1-5H3;1H/q+1;/p-1. The van der Waals surface area contributed by atoms with Gasteiger partial charge in [-0.15, -0.1) is 0 Å². The third-order valence-electron chi connectivity index (χ3n) is 3.80. The van der Waals surface area contributed by atoms with Crippen LogP contribution >= 0.6 is 0 Å². The molecule has 0 radical (unpaired) electrons. The fourth-order valence-electron chi connectivity index (χ4n) is 2.04. The maximum atomic E-state index is 2.52. The molecule has 0 fully saturated rings. The molecule has 0 N–H and O–H groups in total. The third-order valence-corrected chi connectivity index (χ3v) is 3.80. The Balaban J connectivity index is 0. The highest BCUT2D eigenvalue weighted by Crippen LogP contribution is 2.05. The van der Waals surface area contributed by atoms with E-state index in [1.807, 2.05) is 0 Å². The molecule has 3 heteroatoms. The van der Waals surface area contributed by atoms with Gasteiger partial charge >= 0.3 is 0 Å². The molecule has 2 nitrogen and oxygen atoms in total. The van der Waals surface area contributed by atoms with Gasteiger partial charge in [0.2, 0.25) is 0 Å². The highest BCUT2D eigenvalue weighted by molar-refractivity contribution is 4.51. The summed E-state index contributed by atoms with van der Waals surface area (Å²) in [5.74, 6) is 0. The lowest BCUT2D eigenvalue weighted by Crippen LogP contribution is -3.00. The molecular weight excluding hydrogens is 252 g/mol. The minimum atomic E-state index is 0. The topological polar surface area (TPSA) is 3.24 Å². The SMILES string of the molecule is CCN(CC)CC[N+](CC)(CC)CC.[Br-]. The van der Waals surface area contributed by atoms with Crippen LogP contribution in [0.25, 0.3) is 0 Å². The van der Waals surface area contributed by atoms with E-state index in [1.54, 1.807) is 0 Å². The molecule has 0 aliphatic rings. The summed E-state index contributed by atoms with van der Waals surface area (Å²) in [5, 5.41) is 0. The van der Waals surface area contributed by atoms with Gasteiger partial charge in [-0.05, 0) is 33.9 Å². The van der Waals surface area contributed by atoms with Crippen molar-refractivity contribution < 1.29 is 21.5 Å². The lowest BCUT2D eigenvalue weighted by molar-refractivity contribution is -0.922. The van der Waals surface area contributed by atoms with Gasteiger partial charge in [0.05, 0.1) is 26.2 Å². The monoisotopic (exact) mass is 280 g/mol. The van der Waals surface area contributed by atoms with Crippen molar-refractivity contribution in [2.24, 2.45) is 0 Å². The third kappa shape index (κ3) is 5.88. The number of hydrogen-bond acceptors (Lipinski definition) is 1. The molecule has 94 valence electrons. The molecule has 0 amide bonds. The first-order chi connectivity index (χ1) is 6.67. The Morgan fingerprint density at radius 3 is 1.47 bits per heavy atom. The van der Waals surface area contributed by atoms with Gasteiger partial charge in [-0.25, -0.2) is 0 Å². The Morgan fingerprint density at radius 2 is 1.20 bits per heavy atom. The molecule has 0 unspecified atom stereocenters. The molecule has 0 aromatic heterocycles. The normalized spacial score (nSPS) is 11.6. The first-order valence-electron chi connectivity index (χ1n) is 6.25. The van der Waals surface area contributed by atoms with E-state index in [4.69, 9.17) is 0 Å². The van der Waals surface area contributed by atoms with Crippen molar-refractivity contribution in [1.29, 1.82) is 0 Å². The van der Waals surface area contributed by atoms with Gasteiger partial charge < -0.3 is 21.5 Å². The number of nitrogens with zero attached hydrogens (tertiary/aromatic N) is 2. The molecule has 0 spiro atoms. The van der Waals surface area contributed by atoms with Crippen LogP contribution < -0.4 is 17.0 Å². The second-order valence-electron chi connectivity index (χ2n) is 4.04. The molecule has 0 rings (SSSR count). The Hall–Kier alpha value is 0.400. The van der Waals surface area contributed by atoms with E-state index >= 15 is 0 Å². The predicted molar refractivity (Wildman–Crippen MR) is 64.5 cm³/mol. The van der Waals surface area contributed by atoms with E-state index in [-0.39, 0.29) is 17.0 Å². The van der Waals surface area contributed by atoms with E-state index in [0.717, 1.165) is 0 Å². The summed E-state index contributed by atoms with van der Waals surface area (Å²) in [6, 6.07) is 0. The Labute approximate surface area is 107 Å². The molecule has 0 heterocycles. The van der Waals surface area contributed by atoms with Crippen LogP contribution in [-0.4, -0.2) is 55.2 Å². The molecule has 0 bridgehead atoms. The van der Waals surface area contributed by atoms with Gasteiger partial charge in [-0.3, -0.25) is 4.90 Å². The van der Waals surface area contributed by atoms with E-state index in [0.29, 0.717) is 0 Å². The predicted octanol–water partition coefficient (Wildman–Crippen LogP) is -0.791. The molecule has 0 aromatic rings. The highest BCUT2D eigenvalue weighted by atomic mass is 79.9. The molecule has 0 aromatic carbocycles. The first kappa shape index (κ1) is 17.8. The molecule has 0 saturated heterocycles. The second-order valence-corrected chi connectivity index (χ2v) is 4.04. The van der Waals surface area contributed by atoms with Crippen molar-refractivity contribution in [2.75, 3.05) is 45.8 Å². The molecular formula is C12H29BrN2. The largest absolute Gasteiger partial charge is 1.00 e. The molecule has 15 heavy (non-hydrogen) atoms. The first-order valence-corrected chi connectivity index (χ1v) is 6.25. The van der Waals surface area contributed by atoms with Crippen LogP contribution in [0.2, 0.25) is 0 Å². The van der Waals surface area contributed by atoms with Crippen molar-refractivity contribution in [3.05, 3.63) is 0 Å². The quantitative estimate of drug-likeness (QED) is 0.527. The fraction of sp³-hybridized carbons (Fsp3) is 1.00. The van der Waals surface area contributed by atoms with Crippen LogP contribution in [0.5, 0.6) is 0 Å². The van der Waals surface area contributed by atoms with Gasteiger partial charge in [0.1, 0.15) is 0 Å². The fourth-order valence-corrected chi connectivity index (χ4v) is 2.04. The number of rotatable bonds is 8. The smallest absolute Gasteiger partial charge is 0.0915 e. The van der Waals surface area contributed by atoms with E-state index in [1.165, 1.54) is 50.3 Å². The van der Waals surface area contributed by atoms with Crippen LogP contribution in [0.4, 0.5) is 0 Å². The molecule has 0 atom stereocenters. The van der Waals surface area contributed by atoms with Gasteiger partial charge in [0.15, 0.2) is 0 Å². The molecule has 0 saturated carbocycles. The van der Waals surface area contributed by atoms with Crippen LogP contribution in [-0.2, 0) is 0 Å². The second kappa shape index (κ2) is 9.61. The summed E-state index contributed by atoms with van der Waals surface area (Å²) in [4.78, 5) is 2.52. The van der Waals surface area contributed by atoms with Gasteiger partial charge in [-0.1, -0.05) is 13.8 Å². The van der Waals surface area contributed by atoms with Gasteiger partial charge in [0, 0.05) is 6.54 Å². The van der Waals surface area contributed by atoms with E-state index in [2.05, 4.69) is 39.5 Å². The van der Waals surface area contributed by atoms with Crippen LogP contribution in [0.3, 0.4) is 0 Å². The van der Waals surface area contributed by atoms with Crippen LogP contribution in [0.1, 0.15) is 34.6 Å². The lowest BCUT2D eigenvalue weighted by Gasteiger charge is -2.37. The van der Waals surface area contributed by atoms with Crippen molar-refractivity contribution in [2.45, 2.75) is 34.6 Å². The number of quaternary nitrogens is 1. The van der Waals surface area contributed by atoms with Crippen molar-refractivity contribution in [3.8, 4) is 0 Å². The van der Waals surface area contributed by atoms with E-state index < -0.39 is 0 Å². The van der Waals surface area contributed by atoms with Crippen molar-refractivity contribution in [1.82, 2.24) is 4.90 Å². The summed E-state index contributed by atoms with van der Waals surface area (Å²) in [5.41, 5.74) is 0. The van der Waals surface area contributed by atoms with Crippen molar-refractivity contribution in [3.63, 3.8) is 0 Å². The maximum Gasteiger partial charge on any atom is 0.0915 e. The zero-order chi connectivity index (χ0) is 11.0. The zero-order valence-corrected chi connectivity index (χ0v) is 12.8. The summed E-state index contributed by atoms with van der Waals surface area (Å²) < 4.78 is 1.27. The van der Waals surface area contributed by atoms with E-state index in [9.17, 15) is 0 Å². The molecule has 0 aliphatic heterocycles. The Bertz CT molecular complexity index is 123. The van der Waals surface area contributed by atoms with Crippen molar-refractivity contribution >= 4 is 0 Å². The Kier molecular flexibility index (Phi) is 11.4. The average Bonchev–Trinajstić information content (AvgIpc) is 2.26. The van der Waals surface area contributed by atoms with Crippen LogP contribution in [0, 0.1) is 0 Å². The average molecular weight is 281 g/mol. The number of hydrogen-bond donors (Lipinski definition) is 0. The van der Waals surface area contributed by atoms with Crippen LogP contribution in [0.15, 0.2) is 0 Å². The molecule has 0 aliphatic carbocycles. The summed E-state index contributed by atoms with van der Waals surface area (Å²) in [7, 11) is 0. The lowest BCUT2D eigenvalue weighted by atomic mass is 10.3. The van der Waals surface area contributed by atoms with Gasteiger partial charge in [0.25, 0.3) is 0 Å². The summed E-state index contributed by atoms with van der Waals surface area (Å²) in [6.07, 6.45) is 0. The zero-order valence-electron chi connectivity index (χ0n) is 11.2. The minimum Gasteiger partial charge on any atom is -1.00 e. The minimum absolute atomic E-state index is 0. The Morgan fingerprint density at radius 1 is 0.800 bits per heavy atom. The maximum absolute atomic E-state index is 2.52. The summed E-state index contributed by atoms with van der Waals surface area (Å²) >= 11 is 0.